The second-order valence-electron chi connectivity index (χ2n) is 1.80. The van der Waals surface area contributed by atoms with E-state index in [1.807, 2.05) is 0 Å². The van der Waals surface area contributed by atoms with Gasteiger partial charge in [0, 0.05) is 15.0 Å². The average Bonchev–Trinajstić information content (AvgIpc) is 1.97. The average molecular weight is 409 g/mol. The Labute approximate surface area is 97.7 Å². The van der Waals surface area contributed by atoms with Crippen LogP contribution in [-0.4, -0.2) is 0 Å². The van der Waals surface area contributed by atoms with Crippen molar-refractivity contribution >= 4 is 63.7 Å². The summed E-state index contributed by atoms with van der Waals surface area (Å²) < 4.78 is 2.85. The van der Waals surface area contributed by atoms with Gasteiger partial charge in [0.2, 0.25) is 0 Å². The normalized spacial score (nSPS) is 10.2. The summed E-state index contributed by atoms with van der Waals surface area (Å²) in [5, 5.41) is 11.1. The van der Waals surface area contributed by atoms with E-state index >= 15 is 0 Å². The molecule has 59 valence electrons. The Morgan fingerprint density at radius 2 is 1.45 bits per heavy atom. The molecule has 0 saturated carbocycles. The fraction of sp³-hybridized carbons (Fsp3) is 0. The van der Waals surface area contributed by atoms with Gasteiger partial charge in [-0.2, -0.15) is 0 Å². The highest BCUT2D eigenvalue weighted by molar-refractivity contribution is 9.15. The van der Waals surface area contributed by atoms with Gasteiger partial charge in [-0.15, -0.1) is 0 Å². The first-order valence-corrected chi connectivity index (χ1v) is 5.71. The largest absolute Gasteiger partial charge is 0.289 e. The van der Waals surface area contributed by atoms with E-state index in [0.29, 0.717) is 4.47 Å². The van der Waals surface area contributed by atoms with Crippen molar-refractivity contribution in [3.63, 3.8) is 0 Å². The van der Waals surface area contributed by atoms with Crippen molar-refractivity contribution in [1.82, 2.24) is 0 Å². The van der Waals surface area contributed by atoms with Gasteiger partial charge in [0.25, 0.3) is 0 Å². The second-order valence-corrected chi connectivity index (χ2v) is 5.03. The van der Waals surface area contributed by atoms with E-state index in [1.165, 1.54) is 6.07 Å². The Hall–Kier alpha value is 0.940. The third-order valence-electron chi connectivity index (χ3n) is 1.07. The number of rotatable bonds is 0. The second kappa shape index (κ2) is 3.77. The van der Waals surface area contributed by atoms with Crippen LogP contribution in [0.25, 0.3) is 0 Å². The number of benzene rings is 1. The molecule has 0 atom stereocenters. The van der Waals surface area contributed by atoms with Crippen LogP contribution in [0, 0.1) is 0 Å². The Bertz CT molecular complexity index is 271. The molecule has 0 heterocycles. The molecule has 0 N–H and O–H groups in total. The molecule has 11 heavy (non-hydrogen) atoms. The summed E-state index contributed by atoms with van der Waals surface area (Å²) >= 11 is 12.9. The predicted molar refractivity (Wildman–Crippen MR) is 57.4 cm³/mol. The van der Waals surface area contributed by atoms with Gasteiger partial charge >= 0.3 is 0 Å². The van der Waals surface area contributed by atoms with E-state index in [0.717, 1.165) is 13.4 Å². The molecule has 1 aromatic carbocycles. The summed E-state index contributed by atoms with van der Waals surface area (Å²) in [6.45, 7) is 0. The van der Waals surface area contributed by atoms with Gasteiger partial charge in [0.15, 0.2) is 5.75 Å². The summed E-state index contributed by atoms with van der Waals surface area (Å²) in [4.78, 5) is 0. The highest BCUT2D eigenvalue weighted by Crippen LogP contribution is 2.42. The van der Waals surface area contributed by atoms with Gasteiger partial charge in [0.05, 0.1) is 8.95 Å². The molecule has 0 bridgehead atoms. The molecule has 1 rings (SSSR count). The lowest BCUT2D eigenvalue weighted by molar-refractivity contribution is 0.351. The smallest absolute Gasteiger partial charge is 0.195 e. The summed E-state index contributed by atoms with van der Waals surface area (Å²) in [6, 6.07) is 1.50. The van der Waals surface area contributed by atoms with Crippen molar-refractivity contribution in [2.24, 2.45) is 0 Å². The lowest BCUT2D eigenvalue weighted by Gasteiger charge is -2.02. The highest BCUT2D eigenvalue weighted by atomic mass is 79.9. The first-order valence-electron chi connectivity index (χ1n) is 2.54. The summed E-state index contributed by atoms with van der Waals surface area (Å²) in [7, 11) is 0. The number of hydrogen-bond donors (Lipinski definition) is 0. The summed E-state index contributed by atoms with van der Waals surface area (Å²) in [5.41, 5.74) is 0. The van der Waals surface area contributed by atoms with E-state index < -0.39 is 0 Å². The van der Waals surface area contributed by atoms with Crippen LogP contribution in [0.15, 0.2) is 24.0 Å². The summed E-state index contributed by atoms with van der Waals surface area (Å²) in [5.74, 6) is -0.0491. The minimum Gasteiger partial charge on any atom is -0.289 e. The molecular formula is C6HBr4O. The molecule has 0 saturated heterocycles. The molecule has 1 nitrogen and oxygen atoms in total. The Kier molecular flexibility index (Phi) is 3.43. The molecule has 5 heteroatoms. The molecule has 0 aromatic heterocycles. The molecule has 0 aliphatic rings. The van der Waals surface area contributed by atoms with Crippen LogP contribution >= 0.6 is 63.7 Å². The van der Waals surface area contributed by atoms with Gasteiger partial charge < -0.3 is 0 Å². The van der Waals surface area contributed by atoms with E-state index in [-0.39, 0.29) is 5.75 Å². The third-order valence-corrected chi connectivity index (χ3v) is 5.69. The van der Waals surface area contributed by atoms with Crippen molar-refractivity contribution < 1.29 is 5.11 Å². The summed E-state index contributed by atoms with van der Waals surface area (Å²) in [6.07, 6.45) is 0. The predicted octanol–water partition coefficient (Wildman–Crippen LogP) is 4.88. The zero-order valence-electron chi connectivity index (χ0n) is 5.00. The van der Waals surface area contributed by atoms with Crippen LogP contribution in [-0.2, 0) is 5.11 Å². The van der Waals surface area contributed by atoms with Crippen LogP contribution in [0.5, 0.6) is 5.75 Å². The van der Waals surface area contributed by atoms with Crippen molar-refractivity contribution in [2.45, 2.75) is 0 Å². The number of halogens is 4. The first kappa shape index (κ1) is 10.0. The lowest BCUT2D eigenvalue weighted by atomic mass is 10.3. The van der Waals surface area contributed by atoms with Gasteiger partial charge in [-0.1, -0.05) is 0 Å². The minimum absolute atomic E-state index is 0.0491. The molecule has 0 aliphatic heterocycles. The SMILES string of the molecule is [O]c1cc(Br)c(Br)c(Br)c1Br. The van der Waals surface area contributed by atoms with Crippen LogP contribution in [0.4, 0.5) is 0 Å². The molecule has 0 aliphatic carbocycles. The standard InChI is InChI=1S/C6HBr4O/c7-2-1-3(11)5(9)6(10)4(2)8/h1H. The van der Waals surface area contributed by atoms with Crippen LogP contribution < -0.4 is 0 Å². The molecule has 1 radical (unpaired) electrons. The molecule has 1 aromatic rings. The monoisotopic (exact) mass is 405 g/mol. The Morgan fingerprint density at radius 1 is 0.909 bits per heavy atom. The maximum absolute atomic E-state index is 11.1. The fourth-order valence-corrected chi connectivity index (χ4v) is 2.52. The maximum Gasteiger partial charge on any atom is 0.195 e. The van der Waals surface area contributed by atoms with Gasteiger partial charge in [-0.3, -0.25) is 5.11 Å². The van der Waals surface area contributed by atoms with Crippen molar-refractivity contribution in [1.29, 1.82) is 0 Å². The van der Waals surface area contributed by atoms with Crippen LogP contribution in [0.2, 0.25) is 0 Å². The van der Waals surface area contributed by atoms with E-state index in [1.54, 1.807) is 0 Å². The van der Waals surface area contributed by atoms with Crippen molar-refractivity contribution in [3.8, 4) is 5.75 Å². The number of hydrogen-bond acceptors (Lipinski definition) is 0. The molecule has 0 spiro atoms. The van der Waals surface area contributed by atoms with E-state index in [9.17, 15) is 5.11 Å². The first-order chi connectivity index (χ1) is 5.04. The zero-order chi connectivity index (χ0) is 8.59. The van der Waals surface area contributed by atoms with E-state index in [4.69, 9.17) is 0 Å². The molecule has 0 amide bonds. The van der Waals surface area contributed by atoms with Gasteiger partial charge in [-0.25, -0.2) is 0 Å². The highest BCUT2D eigenvalue weighted by Gasteiger charge is 2.11. The molecule has 0 unspecified atom stereocenters. The zero-order valence-corrected chi connectivity index (χ0v) is 11.3. The van der Waals surface area contributed by atoms with E-state index in [2.05, 4.69) is 63.7 Å². The molecular weight excluding hydrogens is 408 g/mol. The van der Waals surface area contributed by atoms with Crippen molar-refractivity contribution in [3.05, 3.63) is 24.0 Å². The van der Waals surface area contributed by atoms with Gasteiger partial charge in [-0.05, 0) is 63.7 Å². The lowest BCUT2D eigenvalue weighted by Crippen LogP contribution is -1.75. The minimum atomic E-state index is -0.0491. The van der Waals surface area contributed by atoms with Crippen LogP contribution in [0.3, 0.4) is 0 Å². The van der Waals surface area contributed by atoms with Gasteiger partial charge in [0.1, 0.15) is 0 Å². The quantitative estimate of drug-likeness (QED) is 0.431. The maximum atomic E-state index is 11.1. The topological polar surface area (TPSA) is 19.9 Å². The Balaban J connectivity index is 3.46. The van der Waals surface area contributed by atoms with Crippen molar-refractivity contribution in [2.75, 3.05) is 0 Å². The third kappa shape index (κ3) is 1.99. The Morgan fingerprint density at radius 3 is 2.00 bits per heavy atom. The molecule has 0 fully saturated rings. The van der Waals surface area contributed by atoms with Crippen LogP contribution in [0.1, 0.15) is 0 Å². The fourth-order valence-electron chi connectivity index (χ4n) is 0.551.